The fraction of sp³-hybridized carbons (Fsp3) is 0.857. The normalized spacial score (nSPS) is 32.3. The molecule has 2 nitrogen and oxygen atoms in total. The smallest absolute Gasteiger partial charge is 0.426 e. The van der Waals surface area contributed by atoms with Crippen molar-refractivity contribution in [3.63, 3.8) is 0 Å². The molecule has 0 heterocycles. The van der Waals surface area contributed by atoms with Crippen molar-refractivity contribution in [2.75, 3.05) is 6.61 Å². The summed E-state index contributed by atoms with van der Waals surface area (Å²) in [6, 6.07) is 0. The van der Waals surface area contributed by atoms with E-state index in [1.807, 2.05) is 0 Å². The minimum Gasteiger partial charge on any atom is -0.502 e. The molecule has 0 aromatic rings. The molecule has 2 fully saturated rings. The van der Waals surface area contributed by atoms with E-state index in [0.29, 0.717) is 19.4 Å². The highest BCUT2D eigenvalue weighted by atomic mass is 19.4. The largest absolute Gasteiger partial charge is 0.502 e. The van der Waals surface area contributed by atoms with Gasteiger partial charge in [0.25, 0.3) is 5.60 Å². The minimum atomic E-state index is -5.72. The van der Waals surface area contributed by atoms with E-state index in [-0.39, 0.29) is 24.2 Å². The summed E-state index contributed by atoms with van der Waals surface area (Å²) in [6.07, 6.45) is -10.1. The second-order valence-corrected chi connectivity index (χ2v) is 6.31. The molecule has 2 rings (SSSR count). The van der Waals surface area contributed by atoms with Gasteiger partial charge in [-0.1, -0.05) is 6.58 Å². The molecule has 22 heavy (non-hydrogen) atoms. The van der Waals surface area contributed by atoms with Crippen LogP contribution in [-0.4, -0.2) is 29.7 Å². The van der Waals surface area contributed by atoms with Crippen LogP contribution in [0.15, 0.2) is 12.8 Å². The zero-order valence-electron chi connectivity index (χ0n) is 11.8. The van der Waals surface area contributed by atoms with E-state index in [4.69, 9.17) is 4.74 Å². The molecule has 0 saturated heterocycles. The van der Waals surface area contributed by atoms with Gasteiger partial charge in [0.1, 0.15) is 0 Å². The lowest BCUT2D eigenvalue weighted by Gasteiger charge is -2.37. The molecule has 2 aliphatic carbocycles. The van der Waals surface area contributed by atoms with E-state index in [1.165, 1.54) is 6.26 Å². The van der Waals surface area contributed by atoms with Crippen LogP contribution in [0.25, 0.3) is 0 Å². The molecule has 8 heteroatoms. The topological polar surface area (TPSA) is 29.5 Å². The van der Waals surface area contributed by atoms with Gasteiger partial charge in [0.05, 0.1) is 12.9 Å². The number of alkyl halides is 6. The molecule has 0 radical (unpaired) electrons. The van der Waals surface area contributed by atoms with E-state index in [0.717, 1.165) is 0 Å². The van der Waals surface area contributed by atoms with Crippen LogP contribution in [0.2, 0.25) is 0 Å². The Kier molecular flexibility index (Phi) is 4.45. The van der Waals surface area contributed by atoms with E-state index >= 15 is 0 Å². The van der Waals surface area contributed by atoms with Gasteiger partial charge in [-0.15, -0.1) is 0 Å². The Balaban J connectivity index is 2.05. The number of rotatable bonds is 5. The van der Waals surface area contributed by atoms with Gasteiger partial charge in [-0.25, -0.2) is 0 Å². The van der Waals surface area contributed by atoms with Gasteiger partial charge >= 0.3 is 12.4 Å². The molecule has 4 atom stereocenters. The van der Waals surface area contributed by atoms with E-state index in [2.05, 4.69) is 6.58 Å². The summed E-state index contributed by atoms with van der Waals surface area (Å²) in [5, 5.41) is 9.29. The van der Waals surface area contributed by atoms with Gasteiger partial charge < -0.3 is 9.84 Å². The van der Waals surface area contributed by atoms with Crippen LogP contribution in [0.1, 0.15) is 25.7 Å². The van der Waals surface area contributed by atoms with Crippen LogP contribution >= 0.6 is 0 Å². The number of hydrogen-bond acceptors (Lipinski definition) is 2. The summed E-state index contributed by atoms with van der Waals surface area (Å²) in [5.74, 6) is -0.789. The third kappa shape index (κ3) is 2.94. The molecule has 0 amide bonds. The Hall–Kier alpha value is -0.920. The lowest BCUT2D eigenvalue weighted by molar-refractivity contribution is -0.373. The van der Waals surface area contributed by atoms with Crippen LogP contribution in [0, 0.1) is 23.7 Å². The van der Waals surface area contributed by atoms with Crippen molar-refractivity contribution in [3.05, 3.63) is 12.8 Å². The third-order valence-electron chi connectivity index (χ3n) is 5.07. The molecular weight excluding hydrogens is 314 g/mol. The average molecular weight is 332 g/mol. The maximum Gasteiger partial charge on any atom is 0.426 e. The van der Waals surface area contributed by atoms with Crippen LogP contribution in [-0.2, 0) is 4.74 Å². The quantitative estimate of drug-likeness (QED) is 0.608. The fourth-order valence-electron chi connectivity index (χ4n) is 3.93. The summed E-state index contributed by atoms with van der Waals surface area (Å²) in [6.45, 7) is 3.79. The molecule has 0 aromatic carbocycles. The van der Waals surface area contributed by atoms with Crippen molar-refractivity contribution in [3.8, 4) is 0 Å². The molecule has 128 valence electrons. The first-order valence-corrected chi connectivity index (χ1v) is 7.08. The highest BCUT2D eigenvalue weighted by Gasteiger charge is 2.71. The molecule has 0 aliphatic heterocycles. The summed E-state index contributed by atoms with van der Waals surface area (Å²) in [5.41, 5.74) is -4.62. The molecule has 0 spiro atoms. The lowest BCUT2D eigenvalue weighted by atomic mass is 9.76. The van der Waals surface area contributed by atoms with Gasteiger partial charge in [0.15, 0.2) is 0 Å². The molecule has 1 N–H and O–H groups in total. The number of fused-ring (bicyclic) bond motifs is 2. The zero-order chi connectivity index (χ0) is 16.8. The van der Waals surface area contributed by atoms with Gasteiger partial charge in [-0.05, 0) is 49.4 Å². The summed E-state index contributed by atoms with van der Waals surface area (Å²) < 4.78 is 81.5. The fourth-order valence-corrected chi connectivity index (χ4v) is 3.93. The Labute approximate surface area is 124 Å². The first kappa shape index (κ1) is 17.4. The molecular formula is C14H18F6O2. The zero-order valence-corrected chi connectivity index (χ0v) is 11.8. The van der Waals surface area contributed by atoms with Gasteiger partial charge in [-0.3, -0.25) is 0 Å². The summed E-state index contributed by atoms with van der Waals surface area (Å²) >= 11 is 0. The van der Waals surface area contributed by atoms with E-state index < -0.39 is 30.3 Å². The second kappa shape index (κ2) is 5.62. The Morgan fingerprint density at radius 2 is 1.45 bits per heavy atom. The molecule has 0 aromatic heterocycles. The number of hydrogen-bond donors (Lipinski definition) is 1. The number of aliphatic hydroxyl groups is 1. The molecule has 2 aliphatic rings. The van der Waals surface area contributed by atoms with Gasteiger partial charge in [0, 0.05) is 0 Å². The van der Waals surface area contributed by atoms with E-state index in [1.54, 1.807) is 0 Å². The lowest BCUT2D eigenvalue weighted by Crippen LogP contribution is -2.58. The van der Waals surface area contributed by atoms with Crippen LogP contribution in [0.3, 0.4) is 0 Å². The predicted octanol–water partition coefficient (Wildman–Crippen LogP) is 4.05. The summed E-state index contributed by atoms with van der Waals surface area (Å²) in [7, 11) is 0. The number of ether oxygens (including phenoxy) is 1. The summed E-state index contributed by atoms with van der Waals surface area (Å²) in [4.78, 5) is 0. The highest BCUT2D eigenvalue weighted by Crippen LogP contribution is 2.57. The predicted molar refractivity (Wildman–Crippen MR) is 65.6 cm³/mol. The van der Waals surface area contributed by atoms with Crippen LogP contribution in [0.5, 0.6) is 0 Å². The maximum atomic E-state index is 12.7. The van der Waals surface area contributed by atoms with Crippen LogP contribution < -0.4 is 0 Å². The Morgan fingerprint density at radius 1 is 0.955 bits per heavy atom. The standard InChI is InChI=1S/C14H18F6O2/c1-2-22-7-11-5-8-3-9(11)4-10(8)6-12(21,13(15,16)17)14(18,19)20/h2,8-11,21H,1,3-7H2. The average Bonchev–Trinajstić information content (AvgIpc) is 2.92. The Morgan fingerprint density at radius 3 is 1.86 bits per heavy atom. The molecule has 2 bridgehead atoms. The minimum absolute atomic E-state index is 0.0562. The second-order valence-electron chi connectivity index (χ2n) is 6.31. The molecule has 2 saturated carbocycles. The van der Waals surface area contributed by atoms with Crippen molar-refractivity contribution in [2.45, 2.75) is 43.6 Å². The Bertz CT molecular complexity index is 403. The highest BCUT2D eigenvalue weighted by molar-refractivity contribution is 5.02. The van der Waals surface area contributed by atoms with Crippen molar-refractivity contribution in [1.82, 2.24) is 0 Å². The van der Waals surface area contributed by atoms with Gasteiger partial charge in [0.2, 0.25) is 0 Å². The van der Waals surface area contributed by atoms with Crippen molar-refractivity contribution in [2.24, 2.45) is 23.7 Å². The van der Waals surface area contributed by atoms with Crippen molar-refractivity contribution in [1.29, 1.82) is 0 Å². The first-order chi connectivity index (χ1) is 9.99. The SMILES string of the molecule is C=COCC1CC2CC1CC2CC(O)(C(F)(F)F)C(F)(F)F. The number of halogens is 6. The molecule has 4 unspecified atom stereocenters. The first-order valence-electron chi connectivity index (χ1n) is 7.08. The monoisotopic (exact) mass is 332 g/mol. The van der Waals surface area contributed by atoms with Gasteiger partial charge in [-0.2, -0.15) is 26.3 Å². The maximum absolute atomic E-state index is 12.7. The van der Waals surface area contributed by atoms with Crippen molar-refractivity contribution < 1.29 is 36.2 Å². The van der Waals surface area contributed by atoms with Crippen molar-refractivity contribution >= 4 is 0 Å². The van der Waals surface area contributed by atoms with Crippen LogP contribution in [0.4, 0.5) is 26.3 Å². The van der Waals surface area contributed by atoms with E-state index in [9.17, 15) is 31.4 Å². The third-order valence-corrected chi connectivity index (χ3v) is 5.07.